The molecule has 126 valence electrons. The molecular weight excluding hydrogens is 292 g/mol. The molecule has 0 spiro atoms. The maximum Gasteiger partial charge on any atom is 0.407 e. The van der Waals surface area contributed by atoms with E-state index in [0.717, 1.165) is 19.3 Å². The lowest BCUT2D eigenvalue weighted by atomic mass is 9.88. The summed E-state index contributed by atoms with van der Waals surface area (Å²) in [5.41, 5.74) is 2.00. The van der Waals surface area contributed by atoms with Gasteiger partial charge in [-0.15, -0.1) is 0 Å². The number of carbonyl (C=O) groups is 2. The van der Waals surface area contributed by atoms with Gasteiger partial charge in [-0.1, -0.05) is 24.3 Å². The first-order valence-electron chi connectivity index (χ1n) is 8.19. The van der Waals surface area contributed by atoms with E-state index in [0.29, 0.717) is 0 Å². The van der Waals surface area contributed by atoms with Gasteiger partial charge in [-0.2, -0.15) is 0 Å². The molecule has 0 aromatic heterocycles. The van der Waals surface area contributed by atoms with E-state index in [1.807, 2.05) is 12.1 Å². The second-order valence-electron chi connectivity index (χ2n) is 6.89. The number of aryl methyl sites for hydroxylation is 1. The van der Waals surface area contributed by atoms with E-state index in [1.54, 1.807) is 20.8 Å². The van der Waals surface area contributed by atoms with E-state index in [2.05, 4.69) is 22.8 Å². The fourth-order valence-electron chi connectivity index (χ4n) is 2.76. The van der Waals surface area contributed by atoms with Crippen LogP contribution in [0.4, 0.5) is 4.79 Å². The first-order chi connectivity index (χ1) is 10.8. The Morgan fingerprint density at radius 1 is 1.26 bits per heavy atom. The molecule has 23 heavy (non-hydrogen) atoms. The molecule has 0 bridgehead atoms. The van der Waals surface area contributed by atoms with Gasteiger partial charge in [0.25, 0.3) is 0 Å². The van der Waals surface area contributed by atoms with Gasteiger partial charge in [-0.05, 0) is 51.2 Å². The molecule has 1 atom stereocenters. The first-order valence-corrected chi connectivity index (χ1v) is 8.19. The van der Waals surface area contributed by atoms with Crippen molar-refractivity contribution in [3.63, 3.8) is 0 Å². The molecule has 0 saturated heterocycles. The summed E-state index contributed by atoms with van der Waals surface area (Å²) in [4.78, 5) is 23.6. The van der Waals surface area contributed by atoms with Gasteiger partial charge in [0.05, 0.1) is 6.04 Å². The van der Waals surface area contributed by atoms with Crippen molar-refractivity contribution in [2.24, 2.45) is 0 Å². The summed E-state index contributed by atoms with van der Waals surface area (Å²) in [6.45, 7) is 5.69. The molecule has 2 N–H and O–H groups in total. The lowest BCUT2D eigenvalue weighted by molar-refractivity contribution is -0.121. The fourth-order valence-corrected chi connectivity index (χ4v) is 2.76. The monoisotopic (exact) mass is 318 g/mol. The quantitative estimate of drug-likeness (QED) is 0.896. The number of nitrogens with one attached hydrogen (secondary N) is 2. The van der Waals surface area contributed by atoms with Crippen molar-refractivity contribution >= 4 is 12.0 Å². The Morgan fingerprint density at radius 3 is 2.74 bits per heavy atom. The zero-order valence-electron chi connectivity index (χ0n) is 14.1. The number of fused-ring (bicyclic) bond motifs is 1. The summed E-state index contributed by atoms with van der Waals surface area (Å²) in [6.07, 6.45) is 2.87. The Balaban J connectivity index is 1.77. The minimum atomic E-state index is -0.530. The zero-order valence-corrected chi connectivity index (χ0v) is 14.1. The number of alkyl carbamates (subject to hydrolysis) is 1. The predicted molar refractivity (Wildman–Crippen MR) is 89.1 cm³/mol. The summed E-state index contributed by atoms with van der Waals surface area (Å²) in [6, 6.07) is 8.33. The van der Waals surface area contributed by atoms with Crippen LogP contribution in [-0.4, -0.2) is 24.1 Å². The van der Waals surface area contributed by atoms with Crippen LogP contribution in [0.1, 0.15) is 57.2 Å². The van der Waals surface area contributed by atoms with Crippen molar-refractivity contribution in [1.82, 2.24) is 10.6 Å². The van der Waals surface area contributed by atoms with Crippen molar-refractivity contribution in [3.05, 3.63) is 35.4 Å². The number of hydrogen-bond donors (Lipinski definition) is 2. The summed E-state index contributed by atoms with van der Waals surface area (Å²) < 4.78 is 5.13. The van der Waals surface area contributed by atoms with Crippen LogP contribution < -0.4 is 10.6 Å². The lowest BCUT2D eigenvalue weighted by Crippen LogP contribution is -2.36. The van der Waals surface area contributed by atoms with Crippen molar-refractivity contribution in [2.75, 3.05) is 6.54 Å². The molecule has 5 nitrogen and oxygen atoms in total. The van der Waals surface area contributed by atoms with Crippen LogP contribution in [0.25, 0.3) is 0 Å². The Kier molecular flexibility index (Phi) is 5.64. The van der Waals surface area contributed by atoms with Gasteiger partial charge in [0, 0.05) is 13.0 Å². The van der Waals surface area contributed by atoms with Crippen LogP contribution in [0.15, 0.2) is 24.3 Å². The number of amides is 2. The molecule has 2 rings (SSSR count). The van der Waals surface area contributed by atoms with E-state index >= 15 is 0 Å². The molecule has 0 radical (unpaired) electrons. The van der Waals surface area contributed by atoms with Gasteiger partial charge in [-0.25, -0.2) is 4.79 Å². The zero-order chi connectivity index (χ0) is 16.9. The summed E-state index contributed by atoms with van der Waals surface area (Å²) in [5.74, 6) is -0.0530. The summed E-state index contributed by atoms with van der Waals surface area (Å²) in [7, 11) is 0. The number of hydrogen-bond acceptors (Lipinski definition) is 3. The molecule has 0 unspecified atom stereocenters. The molecule has 2 amide bonds. The van der Waals surface area contributed by atoms with Crippen LogP contribution in [0.2, 0.25) is 0 Å². The highest BCUT2D eigenvalue weighted by molar-refractivity contribution is 5.77. The van der Waals surface area contributed by atoms with Crippen molar-refractivity contribution in [1.29, 1.82) is 0 Å². The van der Waals surface area contributed by atoms with Gasteiger partial charge in [0.2, 0.25) is 5.91 Å². The van der Waals surface area contributed by atoms with E-state index in [9.17, 15) is 9.59 Å². The number of benzene rings is 1. The molecule has 1 aliphatic rings. The van der Waals surface area contributed by atoms with Crippen LogP contribution in [0.3, 0.4) is 0 Å². The third-order valence-electron chi connectivity index (χ3n) is 3.72. The van der Waals surface area contributed by atoms with E-state index in [1.165, 1.54) is 11.1 Å². The minimum absolute atomic E-state index is 0.0530. The average Bonchev–Trinajstić information content (AvgIpc) is 2.45. The second-order valence-corrected chi connectivity index (χ2v) is 6.89. The predicted octanol–water partition coefficient (Wildman–Crippen LogP) is 3.10. The van der Waals surface area contributed by atoms with Crippen molar-refractivity contribution in [3.8, 4) is 0 Å². The first kappa shape index (κ1) is 17.3. The van der Waals surface area contributed by atoms with E-state index in [4.69, 9.17) is 4.74 Å². The third-order valence-corrected chi connectivity index (χ3v) is 3.72. The van der Waals surface area contributed by atoms with Crippen molar-refractivity contribution < 1.29 is 14.3 Å². The molecule has 0 heterocycles. The van der Waals surface area contributed by atoms with E-state index < -0.39 is 11.7 Å². The number of ether oxygens (including phenoxy) is 1. The van der Waals surface area contributed by atoms with Crippen LogP contribution in [-0.2, 0) is 16.0 Å². The molecular formula is C18H26N2O3. The summed E-state index contributed by atoms with van der Waals surface area (Å²) >= 11 is 0. The third kappa shape index (κ3) is 5.58. The Hall–Kier alpha value is -2.04. The molecule has 0 saturated carbocycles. The van der Waals surface area contributed by atoms with Gasteiger partial charge >= 0.3 is 6.09 Å². The van der Waals surface area contributed by atoms with Gasteiger partial charge in [-0.3, -0.25) is 4.79 Å². The second kappa shape index (κ2) is 7.49. The van der Waals surface area contributed by atoms with Gasteiger partial charge in [0.1, 0.15) is 5.60 Å². The minimum Gasteiger partial charge on any atom is -0.444 e. The fraction of sp³-hybridized carbons (Fsp3) is 0.556. The SMILES string of the molecule is CC(C)(C)OC(=O)NCCC(=O)N[C@H]1CCCc2ccccc21. The van der Waals surface area contributed by atoms with E-state index in [-0.39, 0.29) is 24.9 Å². The standard InChI is InChI=1S/C18H26N2O3/c1-18(2,3)23-17(22)19-12-11-16(21)20-15-10-6-8-13-7-4-5-9-14(13)15/h4-5,7,9,15H,6,8,10-12H2,1-3H3,(H,19,22)(H,20,21)/t15-/m0/s1. The van der Waals surface area contributed by atoms with Crippen LogP contribution in [0.5, 0.6) is 0 Å². The maximum absolute atomic E-state index is 12.1. The average molecular weight is 318 g/mol. The summed E-state index contributed by atoms with van der Waals surface area (Å²) in [5, 5.41) is 5.67. The normalized spacial score (nSPS) is 17.1. The largest absolute Gasteiger partial charge is 0.444 e. The number of rotatable bonds is 4. The molecule has 5 heteroatoms. The molecule has 1 aromatic carbocycles. The molecule has 1 aliphatic carbocycles. The Morgan fingerprint density at radius 2 is 2.00 bits per heavy atom. The lowest BCUT2D eigenvalue weighted by Gasteiger charge is -2.26. The molecule has 0 fully saturated rings. The Bertz CT molecular complexity index is 564. The van der Waals surface area contributed by atoms with Gasteiger partial charge < -0.3 is 15.4 Å². The smallest absolute Gasteiger partial charge is 0.407 e. The van der Waals surface area contributed by atoms with Gasteiger partial charge in [0.15, 0.2) is 0 Å². The number of carbonyl (C=O) groups excluding carboxylic acids is 2. The highest BCUT2D eigenvalue weighted by atomic mass is 16.6. The molecule has 1 aromatic rings. The maximum atomic E-state index is 12.1. The van der Waals surface area contributed by atoms with Crippen molar-refractivity contribution in [2.45, 2.75) is 58.1 Å². The highest BCUT2D eigenvalue weighted by Crippen LogP contribution is 2.29. The topological polar surface area (TPSA) is 67.4 Å². The Labute approximate surface area is 137 Å². The van der Waals surface area contributed by atoms with Crippen LogP contribution >= 0.6 is 0 Å². The molecule has 0 aliphatic heterocycles. The highest BCUT2D eigenvalue weighted by Gasteiger charge is 2.21. The van der Waals surface area contributed by atoms with Crippen LogP contribution in [0, 0.1) is 0 Å².